The van der Waals surface area contributed by atoms with Gasteiger partial charge in [0.15, 0.2) is 0 Å². The van der Waals surface area contributed by atoms with E-state index in [9.17, 15) is 8.78 Å². The van der Waals surface area contributed by atoms with Crippen molar-refractivity contribution >= 4 is 0 Å². The molecule has 0 aliphatic heterocycles. The molecule has 1 N–H and O–H groups in total. The maximum Gasteiger partial charge on any atom is 0.126 e. The van der Waals surface area contributed by atoms with Crippen LogP contribution >= 0.6 is 0 Å². The molecule has 1 aromatic carbocycles. The molecule has 2 unspecified atom stereocenters. The van der Waals surface area contributed by atoms with Crippen LogP contribution in [0.1, 0.15) is 31.7 Å². The largest absolute Gasteiger partial charge is 0.317 e. The fraction of sp³-hybridized carbons (Fsp3) is 0.600. The summed E-state index contributed by atoms with van der Waals surface area (Å²) in [6.45, 7) is 4.06. The van der Waals surface area contributed by atoms with E-state index in [2.05, 4.69) is 12.2 Å². The van der Waals surface area contributed by atoms with E-state index in [-0.39, 0.29) is 11.6 Å². The summed E-state index contributed by atoms with van der Waals surface area (Å²) in [6, 6.07) is 3.76. The Morgan fingerprint density at radius 2 is 2.00 bits per heavy atom. The molecule has 0 amide bonds. The summed E-state index contributed by atoms with van der Waals surface area (Å²) in [4.78, 5) is 0. The van der Waals surface area contributed by atoms with Crippen LogP contribution in [0.15, 0.2) is 18.2 Å². The predicted octanol–water partition coefficient (Wildman–Crippen LogP) is 3.53. The molecule has 1 saturated carbocycles. The van der Waals surface area contributed by atoms with Gasteiger partial charge in [0.05, 0.1) is 0 Å². The minimum absolute atomic E-state index is 0.273. The van der Waals surface area contributed by atoms with Gasteiger partial charge in [-0.1, -0.05) is 13.3 Å². The number of rotatable bonds is 5. The van der Waals surface area contributed by atoms with Gasteiger partial charge in [0.25, 0.3) is 0 Å². The second-order valence-electron chi connectivity index (χ2n) is 5.20. The standard InChI is InChI=1S/C15H21F2N/c1-2-18-10-12-5-3-4-11(12)8-13-9-14(16)6-7-15(13)17/h6-7,9,11-12,18H,2-5,8,10H2,1H3. The Hall–Kier alpha value is -0.960. The van der Waals surface area contributed by atoms with Crippen LogP contribution in [0, 0.1) is 23.5 Å². The molecule has 0 saturated heterocycles. The van der Waals surface area contributed by atoms with Crippen molar-refractivity contribution in [2.75, 3.05) is 13.1 Å². The summed E-state index contributed by atoms with van der Waals surface area (Å²) in [6.07, 6.45) is 4.21. The van der Waals surface area contributed by atoms with Gasteiger partial charge in [-0.2, -0.15) is 0 Å². The Bertz CT molecular complexity index is 392. The SMILES string of the molecule is CCNCC1CCCC1Cc1cc(F)ccc1F. The third-order valence-corrected chi connectivity index (χ3v) is 3.96. The van der Waals surface area contributed by atoms with Crippen LogP contribution < -0.4 is 5.32 Å². The maximum absolute atomic E-state index is 13.6. The molecular formula is C15H21F2N. The highest BCUT2D eigenvalue weighted by Crippen LogP contribution is 2.34. The van der Waals surface area contributed by atoms with Gasteiger partial charge in [-0.3, -0.25) is 0 Å². The molecule has 2 rings (SSSR count). The lowest BCUT2D eigenvalue weighted by Crippen LogP contribution is -2.26. The van der Waals surface area contributed by atoms with E-state index in [0.717, 1.165) is 19.5 Å². The second-order valence-corrected chi connectivity index (χ2v) is 5.20. The lowest BCUT2D eigenvalue weighted by molar-refractivity contribution is 0.363. The molecule has 18 heavy (non-hydrogen) atoms. The number of halogens is 2. The Morgan fingerprint density at radius 3 is 2.78 bits per heavy atom. The van der Waals surface area contributed by atoms with Crippen molar-refractivity contribution in [3.8, 4) is 0 Å². The molecule has 3 heteroatoms. The van der Waals surface area contributed by atoms with Crippen molar-refractivity contribution < 1.29 is 8.78 Å². The lowest BCUT2D eigenvalue weighted by Gasteiger charge is -2.20. The van der Waals surface area contributed by atoms with Gasteiger partial charge in [0.2, 0.25) is 0 Å². The fourth-order valence-corrected chi connectivity index (χ4v) is 2.96. The van der Waals surface area contributed by atoms with Crippen molar-refractivity contribution in [2.45, 2.75) is 32.6 Å². The van der Waals surface area contributed by atoms with Crippen molar-refractivity contribution in [3.05, 3.63) is 35.4 Å². The summed E-state index contributed by atoms with van der Waals surface area (Å²) < 4.78 is 26.8. The number of hydrogen-bond donors (Lipinski definition) is 1. The molecule has 0 bridgehead atoms. The normalized spacial score (nSPS) is 23.5. The van der Waals surface area contributed by atoms with Crippen LogP contribution in [-0.4, -0.2) is 13.1 Å². The Labute approximate surface area is 108 Å². The van der Waals surface area contributed by atoms with Crippen molar-refractivity contribution in [1.82, 2.24) is 5.32 Å². The van der Waals surface area contributed by atoms with Crippen LogP contribution in [0.25, 0.3) is 0 Å². The minimum atomic E-state index is -0.340. The molecule has 0 heterocycles. The van der Waals surface area contributed by atoms with Crippen LogP contribution in [0.4, 0.5) is 8.78 Å². The molecule has 1 aliphatic carbocycles. The monoisotopic (exact) mass is 253 g/mol. The molecule has 0 spiro atoms. The zero-order valence-electron chi connectivity index (χ0n) is 10.9. The van der Waals surface area contributed by atoms with Crippen LogP contribution in [0.3, 0.4) is 0 Å². The molecule has 1 aromatic rings. The zero-order valence-corrected chi connectivity index (χ0v) is 10.9. The number of benzene rings is 1. The number of hydrogen-bond acceptors (Lipinski definition) is 1. The first-order valence-electron chi connectivity index (χ1n) is 6.85. The quantitative estimate of drug-likeness (QED) is 0.846. The summed E-state index contributed by atoms with van der Waals surface area (Å²) in [5, 5.41) is 3.36. The first kappa shape index (κ1) is 13.5. The molecular weight excluding hydrogens is 232 g/mol. The summed E-state index contributed by atoms with van der Waals surface area (Å²) in [7, 11) is 0. The molecule has 1 nitrogen and oxygen atoms in total. The molecule has 1 aliphatic rings. The Kier molecular flexibility index (Phi) is 4.70. The van der Waals surface area contributed by atoms with E-state index < -0.39 is 0 Å². The van der Waals surface area contributed by atoms with Gasteiger partial charge in [0, 0.05) is 0 Å². The summed E-state index contributed by atoms with van der Waals surface area (Å²) in [5.41, 5.74) is 0.531. The first-order chi connectivity index (χ1) is 8.70. The Morgan fingerprint density at radius 1 is 1.22 bits per heavy atom. The van der Waals surface area contributed by atoms with E-state index in [1.165, 1.54) is 31.0 Å². The van der Waals surface area contributed by atoms with Crippen molar-refractivity contribution in [1.29, 1.82) is 0 Å². The van der Waals surface area contributed by atoms with E-state index in [1.54, 1.807) is 0 Å². The second kappa shape index (κ2) is 6.28. The fourth-order valence-electron chi connectivity index (χ4n) is 2.96. The van der Waals surface area contributed by atoms with E-state index >= 15 is 0 Å². The smallest absolute Gasteiger partial charge is 0.126 e. The molecule has 1 fully saturated rings. The molecule has 100 valence electrons. The highest BCUT2D eigenvalue weighted by atomic mass is 19.1. The highest BCUT2D eigenvalue weighted by molar-refractivity contribution is 5.19. The average Bonchev–Trinajstić information content (AvgIpc) is 2.79. The minimum Gasteiger partial charge on any atom is -0.317 e. The van der Waals surface area contributed by atoms with E-state index in [0.29, 0.717) is 23.8 Å². The molecule has 2 atom stereocenters. The van der Waals surface area contributed by atoms with Crippen LogP contribution in [-0.2, 0) is 6.42 Å². The van der Waals surface area contributed by atoms with Gasteiger partial charge in [0.1, 0.15) is 11.6 Å². The van der Waals surface area contributed by atoms with Crippen molar-refractivity contribution in [3.63, 3.8) is 0 Å². The average molecular weight is 253 g/mol. The van der Waals surface area contributed by atoms with Gasteiger partial charge in [-0.25, -0.2) is 8.78 Å². The molecule has 0 radical (unpaired) electrons. The topological polar surface area (TPSA) is 12.0 Å². The molecule has 0 aromatic heterocycles. The predicted molar refractivity (Wildman–Crippen MR) is 69.4 cm³/mol. The van der Waals surface area contributed by atoms with E-state index in [1.807, 2.05) is 0 Å². The van der Waals surface area contributed by atoms with Gasteiger partial charge < -0.3 is 5.32 Å². The summed E-state index contributed by atoms with van der Waals surface area (Å²) >= 11 is 0. The van der Waals surface area contributed by atoms with Crippen molar-refractivity contribution in [2.24, 2.45) is 11.8 Å². The van der Waals surface area contributed by atoms with Gasteiger partial charge in [-0.05, 0) is 68.0 Å². The van der Waals surface area contributed by atoms with Gasteiger partial charge >= 0.3 is 0 Å². The number of nitrogens with one attached hydrogen (secondary N) is 1. The maximum atomic E-state index is 13.6. The third kappa shape index (κ3) is 3.29. The summed E-state index contributed by atoms with van der Waals surface area (Å²) in [5.74, 6) is 0.478. The van der Waals surface area contributed by atoms with Gasteiger partial charge in [-0.15, -0.1) is 0 Å². The van der Waals surface area contributed by atoms with Crippen LogP contribution in [0.5, 0.6) is 0 Å². The lowest BCUT2D eigenvalue weighted by atomic mass is 9.89. The first-order valence-corrected chi connectivity index (χ1v) is 6.85. The highest BCUT2D eigenvalue weighted by Gasteiger charge is 2.27. The van der Waals surface area contributed by atoms with E-state index in [4.69, 9.17) is 0 Å². The van der Waals surface area contributed by atoms with Crippen LogP contribution in [0.2, 0.25) is 0 Å². The Balaban J connectivity index is 2.01. The zero-order chi connectivity index (χ0) is 13.0. The third-order valence-electron chi connectivity index (χ3n) is 3.96.